The maximum absolute atomic E-state index is 13.0. The van der Waals surface area contributed by atoms with Gasteiger partial charge in [0.1, 0.15) is 17.3 Å². The van der Waals surface area contributed by atoms with E-state index >= 15 is 0 Å². The first-order valence-electron chi connectivity index (χ1n) is 10.7. The Kier molecular flexibility index (Phi) is 5.16. The van der Waals surface area contributed by atoms with Crippen LogP contribution in [0.5, 0.6) is 11.5 Å². The van der Waals surface area contributed by atoms with Gasteiger partial charge in [-0.15, -0.1) is 0 Å². The number of hydrogen-bond donors (Lipinski definition) is 0. The van der Waals surface area contributed by atoms with Gasteiger partial charge in [-0.2, -0.15) is 0 Å². The summed E-state index contributed by atoms with van der Waals surface area (Å²) in [5, 5.41) is 0. The first-order valence-corrected chi connectivity index (χ1v) is 10.7. The van der Waals surface area contributed by atoms with Crippen LogP contribution in [0.3, 0.4) is 0 Å². The normalized spacial score (nSPS) is 15.7. The molecule has 0 radical (unpaired) electrons. The summed E-state index contributed by atoms with van der Waals surface area (Å²) in [7, 11) is 0. The van der Waals surface area contributed by atoms with Crippen LogP contribution in [0, 0.1) is 6.92 Å². The molecule has 2 heterocycles. The monoisotopic (exact) mass is 411 g/mol. The summed E-state index contributed by atoms with van der Waals surface area (Å²) >= 11 is 0. The van der Waals surface area contributed by atoms with Crippen molar-refractivity contribution in [3.05, 3.63) is 89.5 Å². The highest BCUT2D eigenvalue weighted by molar-refractivity contribution is 6.04. The molecule has 0 saturated carbocycles. The molecular formula is C26H25N3O2. The summed E-state index contributed by atoms with van der Waals surface area (Å²) in [5.74, 6) is 2.59. The molecule has 1 fully saturated rings. The Balaban J connectivity index is 1.46. The molecule has 5 nitrogen and oxygen atoms in total. The molecule has 2 aliphatic heterocycles. The Morgan fingerprint density at radius 3 is 2.55 bits per heavy atom. The maximum Gasteiger partial charge on any atom is 0.253 e. The minimum absolute atomic E-state index is 0.0928. The van der Waals surface area contributed by atoms with E-state index in [9.17, 15) is 4.79 Å². The Morgan fingerprint density at radius 1 is 0.871 bits per heavy atom. The van der Waals surface area contributed by atoms with Gasteiger partial charge in [-0.3, -0.25) is 4.79 Å². The highest BCUT2D eigenvalue weighted by atomic mass is 16.5. The van der Waals surface area contributed by atoms with Crippen LogP contribution < -0.4 is 4.74 Å². The van der Waals surface area contributed by atoms with Crippen LogP contribution in [0.25, 0.3) is 0 Å². The van der Waals surface area contributed by atoms with Gasteiger partial charge >= 0.3 is 0 Å². The third kappa shape index (κ3) is 3.91. The number of rotatable bonds is 1. The van der Waals surface area contributed by atoms with Crippen LogP contribution in [0.1, 0.15) is 27.9 Å². The van der Waals surface area contributed by atoms with Gasteiger partial charge < -0.3 is 14.5 Å². The van der Waals surface area contributed by atoms with Crippen molar-refractivity contribution in [3.63, 3.8) is 0 Å². The summed E-state index contributed by atoms with van der Waals surface area (Å²) in [6.07, 6.45) is 0.890. The number of aliphatic imine (C=N–C) groups is 1. The summed E-state index contributed by atoms with van der Waals surface area (Å²) in [6.45, 7) is 5.06. The molecule has 0 unspecified atom stereocenters. The van der Waals surface area contributed by atoms with Crippen molar-refractivity contribution < 1.29 is 9.53 Å². The minimum Gasteiger partial charge on any atom is -0.454 e. The first kappa shape index (κ1) is 19.4. The average Bonchev–Trinajstić information content (AvgIpc) is 3.14. The molecule has 0 aromatic heterocycles. The second-order valence-corrected chi connectivity index (χ2v) is 8.00. The lowest BCUT2D eigenvalue weighted by Gasteiger charge is -2.25. The number of carbonyl (C=O) groups excluding carboxylic acids is 1. The summed E-state index contributed by atoms with van der Waals surface area (Å²) in [6, 6.07) is 23.6. The lowest BCUT2D eigenvalue weighted by atomic mass is 10.1. The topological polar surface area (TPSA) is 45.1 Å². The fourth-order valence-corrected chi connectivity index (χ4v) is 4.17. The van der Waals surface area contributed by atoms with Crippen LogP contribution in [-0.4, -0.2) is 47.7 Å². The van der Waals surface area contributed by atoms with Gasteiger partial charge in [0.25, 0.3) is 5.91 Å². The van der Waals surface area contributed by atoms with Gasteiger partial charge in [0.2, 0.25) is 0 Å². The van der Waals surface area contributed by atoms with Crippen molar-refractivity contribution in [1.29, 1.82) is 0 Å². The number of ether oxygens (including phenoxy) is 1. The van der Waals surface area contributed by atoms with Crippen LogP contribution in [-0.2, 0) is 0 Å². The first-order chi connectivity index (χ1) is 15.2. The molecule has 1 saturated heterocycles. The Bertz CT molecular complexity index is 1140. The highest BCUT2D eigenvalue weighted by Crippen LogP contribution is 2.38. The van der Waals surface area contributed by atoms with E-state index in [2.05, 4.69) is 24.0 Å². The van der Waals surface area contributed by atoms with Gasteiger partial charge in [0, 0.05) is 31.7 Å². The standard InChI is InChI=1S/C26H25N3O2/c1-19-12-13-23-21(18-19)25(27-22-10-5-6-11-24(22)31-23)28-14-7-15-29(17-16-28)26(30)20-8-3-2-4-9-20/h2-6,8-13,18H,7,14-17H2,1H3. The van der Waals surface area contributed by atoms with Crippen molar-refractivity contribution in [3.8, 4) is 11.5 Å². The number of nitrogens with zero attached hydrogens (tertiary/aromatic N) is 3. The lowest BCUT2D eigenvalue weighted by molar-refractivity contribution is 0.0764. The van der Waals surface area contributed by atoms with Gasteiger partial charge in [-0.25, -0.2) is 4.99 Å². The quantitative estimate of drug-likeness (QED) is 0.564. The van der Waals surface area contributed by atoms with Crippen molar-refractivity contribution >= 4 is 17.4 Å². The molecule has 0 aliphatic carbocycles. The third-order valence-corrected chi connectivity index (χ3v) is 5.79. The Hall–Kier alpha value is -3.60. The van der Waals surface area contributed by atoms with Crippen LogP contribution >= 0.6 is 0 Å². The molecule has 3 aromatic rings. The predicted molar refractivity (Wildman–Crippen MR) is 122 cm³/mol. The van der Waals surface area contributed by atoms with E-state index in [0.29, 0.717) is 6.54 Å². The van der Waals surface area contributed by atoms with E-state index in [1.54, 1.807) is 0 Å². The molecule has 0 bridgehead atoms. The third-order valence-electron chi connectivity index (χ3n) is 5.79. The number of carbonyl (C=O) groups is 1. The Morgan fingerprint density at radius 2 is 1.68 bits per heavy atom. The summed E-state index contributed by atoms with van der Waals surface area (Å²) < 4.78 is 6.22. The van der Waals surface area contributed by atoms with E-state index in [4.69, 9.17) is 9.73 Å². The van der Waals surface area contributed by atoms with Gasteiger partial charge in [0.15, 0.2) is 5.75 Å². The molecule has 2 aliphatic rings. The zero-order valence-electron chi connectivity index (χ0n) is 17.6. The van der Waals surface area contributed by atoms with Crippen molar-refractivity contribution in [1.82, 2.24) is 9.80 Å². The molecular weight excluding hydrogens is 386 g/mol. The summed E-state index contributed by atoms with van der Waals surface area (Å²) in [5.41, 5.74) is 3.73. The largest absolute Gasteiger partial charge is 0.454 e. The Labute approximate surface area is 182 Å². The fourth-order valence-electron chi connectivity index (χ4n) is 4.17. The second-order valence-electron chi connectivity index (χ2n) is 8.00. The lowest BCUT2D eigenvalue weighted by Crippen LogP contribution is -2.37. The molecule has 5 heteroatoms. The minimum atomic E-state index is 0.0928. The second kappa shape index (κ2) is 8.26. The molecule has 0 atom stereocenters. The molecule has 1 amide bonds. The number of fused-ring (bicyclic) bond motifs is 2. The zero-order chi connectivity index (χ0) is 21.2. The van der Waals surface area contributed by atoms with Crippen molar-refractivity contribution in [2.24, 2.45) is 4.99 Å². The molecule has 0 spiro atoms. The van der Waals surface area contributed by atoms with Crippen LogP contribution in [0.4, 0.5) is 5.69 Å². The van der Waals surface area contributed by atoms with E-state index in [0.717, 1.165) is 65.8 Å². The summed E-state index contributed by atoms with van der Waals surface area (Å²) in [4.78, 5) is 22.2. The maximum atomic E-state index is 13.0. The highest BCUT2D eigenvalue weighted by Gasteiger charge is 2.26. The van der Waals surface area contributed by atoms with E-state index in [1.165, 1.54) is 0 Å². The molecule has 156 valence electrons. The molecule has 5 rings (SSSR count). The SMILES string of the molecule is Cc1ccc2c(c1)C(N1CCCN(C(=O)c3ccccc3)CC1)=Nc1ccccc1O2. The number of para-hydroxylation sites is 2. The smallest absolute Gasteiger partial charge is 0.253 e. The van der Waals surface area contributed by atoms with Crippen molar-refractivity contribution in [2.75, 3.05) is 26.2 Å². The van der Waals surface area contributed by atoms with E-state index < -0.39 is 0 Å². The van der Waals surface area contributed by atoms with Crippen LogP contribution in [0.2, 0.25) is 0 Å². The number of benzene rings is 3. The molecule has 31 heavy (non-hydrogen) atoms. The van der Waals surface area contributed by atoms with Crippen LogP contribution in [0.15, 0.2) is 77.8 Å². The number of hydrogen-bond acceptors (Lipinski definition) is 4. The number of aryl methyl sites for hydroxylation is 1. The molecule has 3 aromatic carbocycles. The number of amidine groups is 1. The van der Waals surface area contributed by atoms with Gasteiger partial charge in [-0.1, -0.05) is 42.0 Å². The zero-order valence-corrected chi connectivity index (χ0v) is 17.6. The predicted octanol–water partition coefficient (Wildman–Crippen LogP) is 5.03. The van der Waals surface area contributed by atoms with Gasteiger partial charge in [0.05, 0.1) is 5.56 Å². The van der Waals surface area contributed by atoms with Gasteiger partial charge in [-0.05, 0) is 49.7 Å². The number of amides is 1. The van der Waals surface area contributed by atoms with E-state index in [1.807, 2.05) is 65.6 Å². The fraction of sp³-hybridized carbons (Fsp3) is 0.231. The van der Waals surface area contributed by atoms with E-state index in [-0.39, 0.29) is 5.91 Å². The molecule has 0 N–H and O–H groups in total. The van der Waals surface area contributed by atoms with Crippen molar-refractivity contribution in [2.45, 2.75) is 13.3 Å². The average molecular weight is 412 g/mol.